The van der Waals surface area contributed by atoms with Gasteiger partial charge in [-0.15, -0.1) is 24.0 Å². The largest absolute Gasteiger partial charge is 0.416 e. The molecule has 1 atom stereocenters. The fraction of sp³-hybridized carbons (Fsp3) is 0.333. The lowest BCUT2D eigenvalue weighted by Gasteiger charge is -2.19. The van der Waals surface area contributed by atoms with Crippen molar-refractivity contribution in [3.05, 3.63) is 59.9 Å². The summed E-state index contributed by atoms with van der Waals surface area (Å²) in [5, 5.41) is 5.89. The minimum absolute atomic E-state index is 0. The van der Waals surface area contributed by atoms with Crippen LogP contribution in [0.5, 0.6) is 0 Å². The molecule has 0 bridgehead atoms. The van der Waals surface area contributed by atoms with Crippen LogP contribution in [-0.2, 0) is 16.2 Å². The van der Waals surface area contributed by atoms with Gasteiger partial charge in [0.1, 0.15) is 4.90 Å². The lowest BCUT2D eigenvalue weighted by molar-refractivity contribution is -0.137. The Hall–Kier alpha value is -1.93. The van der Waals surface area contributed by atoms with Crippen LogP contribution in [0, 0.1) is 0 Å². The van der Waals surface area contributed by atoms with Crippen LogP contribution in [0.4, 0.5) is 13.2 Å². The molecule has 2 rings (SSSR count). The Bertz CT molecular complexity index is 940. The number of hydrogen-bond donors (Lipinski definition) is 3. The van der Waals surface area contributed by atoms with Gasteiger partial charge in [0.25, 0.3) is 0 Å². The Balaban J connectivity index is 0.00000450. The van der Waals surface area contributed by atoms with E-state index in [0.29, 0.717) is 11.5 Å². The third-order valence-electron chi connectivity index (χ3n) is 3.95. The van der Waals surface area contributed by atoms with Gasteiger partial charge in [-0.1, -0.05) is 12.1 Å². The van der Waals surface area contributed by atoms with Crippen LogP contribution in [0.15, 0.2) is 58.7 Å². The van der Waals surface area contributed by atoms with Crippen molar-refractivity contribution in [1.82, 2.24) is 20.3 Å². The molecule has 0 saturated heterocycles. The molecule has 0 aliphatic carbocycles. The van der Waals surface area contributed by atoms with Crippen molar-refractivity contribution in [2.45, 2.75) is 24.0 Å². The van der Waals surface area contributed by atoms with Gasteiger partial charge in [0.2, 0.25) is 10.0 Å². The van der Waals surface area contributed by atoms with Crippen LogP contribution in [0.25, 0.3) is 0 Å². The fourth-order valence-corrected chi connectivity index (χ4v) is 3.42. The Morgan fingerprint density at radius 2 is 1.93 bits per heavy atom. The van der Waals surface area contributed by atoms with Crippen molar-refractivity contribution in [2.75, 3.05) is 20.1 Å². The number of hydrogen-bond acceptors (Lipinski definition) is 4. The molecule has 2 aromatic rings. The van der Waals surface area contributed by atoms with Gasteiger partial charge in [-0.2, -0.15) is 13.2 Å². The first-order valence-corrected chi connectivity index (χ1v) is 10.2. The number of nitrogens with one attached hydrogen (secondary N) is 3. The van der Waals surface area contributed by atoms with Gasteiger partial charge in [-0.3, -0.25) is 9.98 Å². The fourth-order valence-electron chi connectivity index (χ4n) is 2.42. The molecular weight excluding hydrogens is 534 g/mol. The van der Waals surface area contributed by atoms with E-state index in [4.69, 9.17) is 0 Å². The third-order valence-corrected chi connectivity index (χ3v) is 5.39. The van der Waals surface area contributed by atoms with Gasteiger partial charge >= 0.3 is 6.18 Å². The Morgan fingerprint density at radius 3 is 2.53 bits per heavy atom. The van der Waals surface area contributed by atoms with Gasteiger partial charge in [-0.25, -0.2) is 13.1 Å². The Kier molecular flexibility index (Phi) is 9.97. The third kappa shape index (κ3) is 7.72. The van der Waals surface area contributed by atoms with Crippen molar-refractivity contribution in [2.24, 2.45) is 4.99 Å². The molecule has 0 amide bonds. The zero-order valence-electron chi connectivity index (χ0n) is 16.3. The van der Waals surface area contributed by atoms with E-state index in [1.54, 1.807) is 13.0 Å². The predicted molar refractivity (Wildman–Crippen MR) is 119 cm³/mol. The second-order valence-electron chi connectivity index (χ2n) is 6.07. The molecule has 1 unspecified atom stereocenters. The number of halogens is 4. The van der Waals surface area contributed by atoms with Gasteiger partial charge in [0.15, 0.2) is 5.96 Å². The van der Waals surface area contributed by atoms with E-state index in [2.05, 4.69) is 25.3 Å². The van der Waals surface area contributed by atoms with Crippen LogP contribution in [-0.4, -0.2) is 39.5 Å². The summed E-state index contributed by atoms with van der Waals surface area (Å²) in [5.41, 5.74) is -0.281. The van der Waals surface area contributed by atoms with Crippen LogP contribution >= 0.6 is 24.0 Å². The highest BCUT2D eigenvalue weighted by molar-refractivity contribution is 14.0. The molecule has 7 nitrogen and oxygen atoms in total. The molecule has 0 aliphatic rings. The number of rotatable bonds is 7. The number of aliphatic imine (C=N–C) groups is 1. The van der Waals surface area contributed by atoms with Crippen molar-refractivity contribution in [3.8, 4) is 0 Å². The zero-order chi connectivity index (χ0) is 21.5. The van der Waals surface area contributed by atoms with Crippen LogP contribution in [0.2, 0.25) is 0 Å². The molecule has 0 saturated carbocycles. The summed E-state index contributed by atoms with van der Waals surface area (Å²) in [4.78, 5) is 7.83. The molecule has 1 aromatic heterocycles. The monoisotopic (exact) mass is 557 g/mol. The average Bonchev–Trinajstić information content (AvgIpc) is 2.70. The van der Waals surface area contributed by atoms with Gasteiger partial charge in [0.05, 0.1) is 11.6 Å². The Labute approximate surface area is 190 Å². The molecule has 1 aromatic carbocycles. The van der Waals surface area contributed by atoms with E-state index in [-0.39, 0.29) is 42.0 Å². The number of guanidine groups is 1. The number of alkyl halides is 3. The maximum absolute atomic E-state index is 12.9. The first-order chi connectivity index (χ1) is 13.6. The van der Waals surface area contributed by atoms with E-state index in [1.165, 1.54) is 37.6 Å². The molecule has 30 heavy (non-hydrogen) atoms. The molecule has 166 valence electrons. The summed E-state index contributed by atoms with van der Waals surface area (Å²) in [5.74, 6) is 0.329. The second kappa shape index (κ2) is 11.5. The van der Waals surface area contributed by atoms with Crippen molar-refractivity contribution in [1.29, 1.82) is 0 Å². The molecule has 0 fully saturated rings. The van der Waals surface area contributed by atoms with E-state index >= 15 is 0 Å². The quantitative estimate of drug-likeness (QED) is 0.211. The van der Waals surface area contributed by atoms with E-state index in [1.807, 2.05) is 0 Å². The van der Waals surface area contributed by atoms with E-state index in [9.17, 15) is 21.6 Å². The topological polar surface area (TPSA) is 95.5 Å². The number of benzene rings is 1. The highest BCUT2D eigenvalue weighted by Gasteiger charge is 2.30. The summed E-state index contributed by atoms with van der Waals surface area (Å²) < 4.78 is 65.2. The summed E-state index contributed by atoms with van der Waals surface area (Å²) in [6.07, 6.45) is -1.70. The van der Waals surface area contributed by atoms with E-state index in [0.717, 1.165) is 12.1 Å². The lowest BCUT2D eigenvalue weighted by Crippen LogP contribution is -2.42. The maximum Gasteiger partial charge on any atom is 0.416 e. The van der Waals surface area contributed by atoms with Crippen molar-refractivity contribution < 1.29 is 21.6 Å². The maximum atomic E-state index is 12.9. The SMILES string of the molecule is CN=C(NCCNS(=O)(=O)c1cccnc1)NC(C)c1cccc(C(F)(F)F)c1.I. The van der Waals surface area contributed by atoms with Crippen LogP contribution in [0.1, 0.15) is 24.1 Å². The highest BCUT2D eigenvalue weighted by atomic mass is 127. The number of pyridine rings is 1. The first kappa shape index (κ1) is 26.1. The highest BCUT2D eigenvalue weighted by Crippen LogP contribution is 2.30. The summed E-state index contributed by atoms with van der Waals surface area (Å²) in [6.45, 7) is 2.00. The zero-order valence-corrected chi connectivity index (χ0v) is 19.4. The molecule has 3 N–H and O–H groups in total. The molecule has 12 heteroatoms. The Morgan fingerprint density at radius 1 is 1.20 bits per heavy atom. The van der Waals surface area contributed by atoms with Crippen LogP contribution < -0.4 is 15.4 Å². The summed E-state index contributed by atoms with van der Waals surface area (Å²) >= 11 is 0. The average molecular weight is 557 g/mol. The molecule has 1 heterocycles. The number of sulfonamides is 1. The lowest BCUT2D eigenvalue weighted by atomic mass is 10.1. The molecular formula is C18H23F3IN5O2S. The normalized spacial score (nSPS) is 13.3. The molecule has 0 spiro atoms. The first-order valence-electron chi connectivity index (χ1n) is 8.67. The number of nitrogens with zero attached hydrogens (tertiary/aromatic N) is 2. The minimum Gasteiger partial charge on any atom is -0.355 e. The van der Waals surface area contributed by atoms with Crippen LogP contribution in [0.3, 0.4) is 0 Å². The van der Waals surface area contributed by atoms with Crippen molar-refractivity contribution in [3.63, 3.8) is 0 Å². The summed E-state index contributed by atoms with van der Waals surface area (Å²) in [7, 11) is -2.16. The summed E-state index contributed by atoms with van der Waals surface area (Å²) in [6, 6.07) is 7.52. The number of aromatic nitrogens is 1. The smallest absolute Gasteiger partial charge is 0.355 e. The van der Waals surface area contributed by atoms with Gasteiger partial charge in [-0.05, 0) is 36.8 Å². The minimum atomic E-state index is -4.42. The molecule has 0 aliphatic heterocycles. The predicted octanol–water partition coefficient (Wildman–Crippen LogP) is 2.92. The second-order valence-corrected chi connectivity index (χ2v) is 7.84. The molecule has 0 radical (unpaired) electrons. The van der Waals surface area contributed by atoms with Crippen molar-refractivity contribution >= 4 is 40.0 Å². The standard InChI is InChI=1S/C18H22F3N5O2S.HI/c1-13(14-5-3-6-15(11-14)18(19,20)21)26-17(22-2)24-9-10-25-29(27,28)16-7-4-8-23-12-16;/h3-8,11-13,25H,9-10H2,1-2H3,(H2,22,24,26);1H. The van der Waals surface area contributed by atoms with E-state index < -0.39 is 27.8 Å². The van der Waals surface area contributed by atoms with Gasteiger partial charge < -0.3 is 10.6 Å². The van der Waals surface area contributed by atoms with Gasteiger partial charge in [0, 0.05) is 32.5 Å².